The SMILES string of the molecule is O=C(O)c1cccc(Cl)c1N1CC(S(=O)(=O)F)CC1=O. The summed E-state index contributed by atoms with van der Waals surface area (Å²) in [5.41, 5.74) is -0.361. The van der Waals surface area contributed by atoms with Crippen LogP contribution in [0, 0.1) is 0 Å². The molecule has 0 aliphatic carbocycles. The monoisotopic (exact) mass is 321 g/mol. The van der Waals surface area contributed by atoms with E-state index in [-0.39, 0.29) is 16.3 Å². The number of para-hydroxylation sites is 1. The fraction of sp³-hybridized carbons (Fsp3) is 0.273. The Hall–Kier alpha value is -1.67. The van der Waals surface area contributed by atoms with Gasteiger partial charge in [-0.1, -0.05) is 17.7 Å². The van der Waals surface area contributed by atoms with Crippen LogP contribution in [0.4, 0.5) is 9.57 Å². The minimum absolute atomic E-state index is 0.0184. The van der Waals surface area contributed by atoms with Crippen LogP contribution in [0.5, 0.6) is 0 Å². The first-order valence-corrected chi connectivity index (χ1v) is 7.30. The van der Waals surface area contributed by atoms with Gasteiger partial charge < -0.3 is 10.0 Å². The molecule has 1 aliphatic heterocycles. The number of carbonyl (C=O) groups is 2. The summed E-state index contributed by atoms with van der Waals surface area (Å²) in [5.74, 6) is -2.01. The van der Waals surface area contributed by atoms with Gasteiger partial charge in [-0.2, -0.15) is 8.42 Å². The minimum Gasteiger partial charge on any atom is -0.478 e. The van der Waals surface area contributed by atoms with E-state index in [4.69, 9.17) is 16.7 Å². The third kappa shape index (κ3) is 2.61. The van der Waals surface area contributed by atoms with Crippen molar-refractivity contribution in [3.8, 4) is 0 Å². The normalized spacial score (nSPS) is 19.4. The molecule has 0 spiro atoms. The van der Waals surface area contributed by atoms with E-state index in [0.717, 1.165) is 4.90 Å². The fourth-order valence-corrected chi connectivity index (χ4v) is 2.99. The van der Waals surface area contributed by atoms with E-state index in [1.54, 1.807) is 0 Å². The first kappa shape index (κ1) is 14.7. The number of halogens is 2. The van der Waals surface area contributed by atoms with Gasteiger partial charge in [-0.05, 0) is 12.1 Å². The summed E-state index contributed by atoms with van der Waals surface area (Å²) in [6.07, 6.45) is -0.539. The Labute approximate surface area is 119 Å². The Balaban J connectivity index is 2.48. The molecule has 0 radical (unpaired) electrons. The van der Waals surface area contributed by atoms with E-state index < -0.39 is 40.3 Å². The zero-order valence-electron chi connectivity index (χ0n) is 9.92. The third-order valence-corrected chi connectivity index (χ3v) is 4.39. The summed E-state index contributed by atoms with van der Waals surface area (Å²) in [6, 6.07) is 3.99. The quantitative estimate of drug-likeness (QED) is 0.851. The number of anilines is 1. The number of carbonyl (C=O) groups excluding carboxylic acids is 1. The highest BCUT2D eigenvalue weighted by Crippen LogP contribution is 2.34. The lowest BCUT2D eigenvalue weighted by Crippen LogP contribution is -2.28. The number of rotatable bonds is 3. The molecule has 20 heavy (non-hydrogen) atoms. The maximum absolute atomic E-state index is 13.0. The summed E-state index contributed by atoms with van der Waals surface area (Å²) in [7, 11) is -4.88. The lowest BCUT2D eigenvalue weighted by Gasteiger charge is -2.19. The number of nitrogens with zero attached hydrogens (tertiary/aromatic N) is 1. The molecule has 0 bridgehead atoms. The Morgan fingerprint density at radius 3 is 2.60 bits per heavy atom. The van der Waals surface area contributed by atoms with Crippen LogP contribution in [0.1, 0.15) is 16.8 Å². The first-order valence-electron chi connectivity index (χ1n) is 5.47. The molecule has 1 N–H and O–H groups in total. The van der Waals surface area contributed by atoms with Gasteiger partial charge in [0.15, 0.2) is 0 Å². The average Bonchev–Trinajstić information content (AvgIpc) is 2.70. The number of aromatic carboxylic acids is 1. The average molecular weight is 322 g/mol. The molecule has 1 unspecified atom stereocenters. The predicted octanol–water partition coefficient (Wildman–Crippen LogP) is 1.44. The van der Waals surface area contributed by atoms with Gasteiger partial charge in [-0.15, -0.1) is 3.89 Å². The van der Waals surface area contributed by atoms with E-state index >= 15 is 0 Å². The van der Waals surface area contributed by atoms with Crippen molar-refractivity contribution in [3.05, 3.63) is 28.8 Å². The molecule has 1 aliphatic rings. The van der Waals surface area contributed by atoms with Crippen molar-refractivity contribution in [1.82, 2.24) is 0 Å². The predicted molar refractivity (Wildman–Crippen MR) is 69.2 cm³/mol. The van der Waals surface area contributed by atoms with Crippen molar-refractivity contribution in [2.24, 2.45) is 0 Å². The molecule has 6 nitrogen and oxygen atoms in total. The summed E-state index contributed by atoms with van der Waals surface area (Å²) in [5, 5.41) is 7.55. The Bertz CT molecular complexity index is 690. The summed E-state index contributed by atoms with van der Waals surface area (Å²) >= 11 is 5.88. The van der Waals surface area contributed by atoms with Crippen LogP contribution < -0.4 is 4.90 Å². The second kappa shape index (κ2) is 5.02. The van der Waals surface area contributed by atoms with Gasteiger partial charge in [-0.25, -0.2) is 4.79 Å². The maximum Gasteiger partial charge on any atom is 0.337 e. The van der Waals surface area contributed by atoms with Gasteiger partial charge in [0.05, 0.1) is 16.3 Å². The van der Waals surface area contributed by atoms with Crippen LogP contribution in [0.15, 0.2) is 18.2 Å². The molecule has 0 aromatic heterocycles. The zero-order valence-corrected chi connectivity index (χ0v) is 11.5. The van der Waals surface area contributed by atoms with Gasteiger partial charge in [-0.3, -0.25) is 4.79 Å². The summed E-state index contributed by atoms with van der Waals surface area (Å²) < 4.78 is 34.7. The maximum atomic E-state index is 13.0. The van der Waals surface area contributed by atoms with Gasteiger partial charge in [0, 0.05) is 13.0 Å². The van der Waals surface area contributed by atoms with Crippen LogP contribution in [-0.4, -0.2) is 37.2 Å². The molecule has 1 heterocycles. The van der Waals surface area contributed by atoms with E-state index in [1.165, 1.54) is 18.2 Å². The number of carboxylic acids is 1. The second-order valence-corrected chi connectivity index (χ2v) is 6.27. The number of hydrogen-bond acceptors (Lipinski definition) is 4. The molecule has 1 amide bonds. The molecule has 9 heteroatoms. The molecular formula is C11H9ClFNO5S. The van der Waals surface area contributed by atoms with Gasteiger partial charge in [0.25, 0.3) is 0 Å². The summed E-state index contributed by atoms with van der Waals surface area (Å²) in [6.45, 7) is -0.457. The number of amides is 1. The van der Waals surface area contributed by atoms with Crippen molar-refractivity contribution < 1.29 is 27.0 Å². The minimum atomic E-state index is -4.88. The zero-order chi connectivity index (χ0) is 15.1. The van der Waals surface area contributed by atoms with E-state index in [0.29, 0.717) is 0 Å². The molecule has 1 saturated heterocycles. The summed E-state index contributed by atoms with van der Waals surface area (Å²) in [4.78, 5) is 23.8. The van der Waals surface area contributed by atoms with Gasteiger partial charge in [0.1, 0.15) is 5.25 Å². The van der Waals surface area contributed by atoms with Crippen molar-refractivity contribution in [3.63, 3.8) is 0 Å². The number of benzene rings is 1. The molecule has 1 aromatic carbocycles. The molecule has 1 fully saturated rings. The van der Waals surface area contributed by atoms with Crippen LogP contribution in [0.3, 0.4) is 0 Å². The topological polar surface area (TPSA) is 91.8 Å². The van der Waals surface area contributed by atoms with Gasteiger partial charge >= 0.3 is 16.2 Å². The van der Waals surface area contributed by atoms with Crippen LogP contribution in [0.25, 0.3) is 0 Å². The van der Waals surface area contributed by atoms with E-state index in [2.05, 4.69) is 0 Å². The largest absolute Gasteiger partial charge is 0.478 e. The van der Waals surface area contributed by atoms with Crippen LogP contribution in [-0.2, 0) is 15.0 Å². The second-order valence-electron chi connectivity index (χ2n) is 4.25. The van der Waals surface area contributed by atoms with Gasteiger partial charge in [0.2, 0.25) is 5.91 Å². The molecular weight excluding hydrogens is 313 g/mol. The highest BCUT2D eigenvalue weighted by molar-refractivity contribution is 7.87. The molecule has 1 atom stereocenters. The Morgan fingerprint density at radius 1 is 1.45 bits per heavy atom. The molecule has 108 valence electrons. The number of carboxylic acid groups (broad SMARTS) is 1. The third-order valence-electron chi connectivity index (χ3n) is 2.97. The van der Waals surface area contributed by atoms with Crippen LogP contribution in [0.2, 0.25) is 5.02 Å². The lowest BCUT2D eigenvalue weighted by molar-refractivity contribution is -0.117. The Kier molecular flexibility index (Phi) is 3.70. The molecule has 1 aromatic rings. The standard InChI is InChI=1S/C11H9ClFNO5S/c12-8-3-1-2-7(11(16)17)10(8)14-5-6(4-9(14)15)20(13,18)19/h1-3,6H,4-5H2,(H,16,17). The molecule has 0 saturated carbocycles. The first-order chi connectivity index (χ1) is 9.21. The lowest BCUT2D eigenvalue weighted by atomic mass is 10.1. The smallest absolute Gasteiger partial charge is 0.337 e. The molecule has 2 rings (SSSR count). The van der Waals surface area contributed by atoms with E-state index in [1.807, 2.05) is 0 Å². The number of hydrogen-bond donors (Lipinski definition) is 1. The van der Waals surface area contributed by atoms with Crippen LogP contribution >= 0.6 is 11.6 Å². The van der Waals surface area contributed by atoms with E-state index in [9.17, 15) is 21.9 Å². The van der Waals surface area contributed by atoms with Crippen molar-refractivity contribution in [1.29, 1.82) is 0 Å². The highest BCUT2D eigenvalue weighted by Gasteiger charge is 2.40. The fourth-order valence-electron chi connectivity index (χ4n) is 2.04. The highest BCUT2D eigenvalue weighted by atomic mass is 35.5. The van der Waals surface area contributed by atoms with Crippen molar-refractivity contribution in [2.75, 3.05) is 11.4 Å². The van der Waals surface area contributed by atoms with Crippen molar-refractivity contribution >= 4 is 39.4 Å². The Morgan fingerprint density at radius 2 is 2.10 bits per heavy atom. The van der Waals surface area contributed by atoms with Crippen molar-refractivity contribution in [2.45, 2.75) is 11.7 Å².